The van der Waals surface area contributed by atoms with Gasteiger partial charge in [-0.2, -0.15) is 0 Å². The summed E-state index contributed by atoms with van der Waals surface area (Å²) >= 11 is 0. The van der Waals surface area contributed by atoms with Crippen LogP contribution in [-0.2, 0) is 6.42 Å². The molecule has 6 heteroatoms. The molecule has 0 fully saturated rings. The van der Waals surface area contributed by atoms with Crippen molar-refractivity contribution >= 4 is 41.0 Å². The van der Waals surface area contributed by atoms with Gasteiger partial charge in [-0.3, -0.25) is 4.99 Å². The average molecular weight is 429 g/mol. The van der Waals surface area contributed by atoms with Gasteiger partial charge in [-0.25, -0.2) is 4.98 Å². The molecule has 1 aromatic heterocycles. The zero-order chi connectivity index (χ0) is 15.8. The number of fused-ring (bicyclic) bond motifs is 1. The minimum absolute atomic E-state index is 0. The summed E-state index contributed by atoms with van der Waals surface area (Å²) in [6.45, 7) is 6.30. The highest BCUT2D eigenvalue weighted by Crippen LogP contribution is 2.10. The van der Waals surface area contributed by atoms with E-state index in [-0.39, 0.29) is 24.0 Å². The number of rotatable bonds is 7. The number of nitrogens with zero attached hydrogens (tertiary/aromatic N) is 2. The highest BCUT2D eigenvalue weighted by atomic mass is 127. The lowest BCUT2D eigenvalue weighted by Crippen LogP contribution is -2.38. The number of H-pyrrole nitrogens is 1. The summed E-state index contributed by atoms with van der Waals surface area (Å²) in [4.78, 5) is 12.2. The van der Waals surface area contributed by atoms with Crippen molar-refractivity contribution in [3.8, 4) is 0 Å². The third-order valence-corrected chi connectivity index (χ3v) is 3.56. The monoisotopic (exact) mass is 429 g/mol. The van der Waals surface area contributed by atoms with E-state index in [9.17, 15) is 0 Å². The Hall–Kier alpha value is -1.31. The molecule has 0 saturated carbocycles. The number of hydrogen-bond donors (Lipinski definition) is 3. The van der Waals surface area contributed by atoms with Crippen LogP contribution in [0.1, 0.15) is 32.5 Å². The molecular weight excluding hydrogens is 401 g/mol. The first-order valence-electron chi connectivity index (χ1n) is 8.07. The molecule has 1 aromatic carbocycles. The molecule has 0 aliphatic carbocycles. The lowest BCUT2D eigenvalue weighted by molar-refractivity contribution is 0.573. The fourth-order valence-corrected chi connectivity index (χ4v) is 2.29. The SMILES string of the molecule is CN=C(NCCCc1nc2ccccc2[nH]1)NCCC(C)C.I. The first-order chi connectivity index (χ1) is 10.7. The number of hydrogen-bond acceptors (Lipinski definition) is 2. The molecule has 0 aliphatic rings. The summed E-state index contributed by atoms with van der Waals surface area (Å²) in [5, 5.41) is 6.68. The Morgan fingerprint density at radius 2 is 1.96 bits per heavy atom. The fourth-order valence-electron chi connectivity index (χ4n) is 2.29. The number of aliphatic imine (C=N–C) groups is 1. The van der Waals surface area contributed by atoms with Gasteiger partial charge in [0, 0.05) is 26.6 Å². The Morgan fingerprint density at radius 3 is 2.65 bits per heavy atom. The number of halogens is 1. The Labute approximate surface area is 155 Å². The second kappa shape index (κ2) is 10.5. The van der Waals surface area contributed by atoms with Gasteiger partial charge in [0.25, 0.3) is 0 Å². The maximum atomic E-state index is 4.59. The third-order valence-electron chi connectivity index (χ3n) is 3.56. The zero-order valence-corrected chi connectivity index (χ0v) is 16.6. The van der Waals surface area contributed by atoms with Gasteiger partial charge in [-0.15, -0.1) is 24.0 Å². The van der Waals surface area contributed by atoms with Crippen LogP contribution in [-0.4, -0.2) is 36.1 Å². The number of benzene rings is 1. The van der Waals surface area contributed by atoms with E-state index < -0.39 is 0 Å². The van der Waals surface area contributed by atoms with Crippen LogP contribution in [0.25, 0.3) is 11.0 Å². The van der Waals surface area contributed by atoms with Crippen molar-refractivity contribution in [2.24, 2.45) is 10.9 Å². The molecule has 5 nitrogen and oxygen atoms in total. The van der Waals surface area contributed by atoms with E-state index in [4.69, 9.17) is 0 Å². The van der Waals surface area contributed by atoms with Crippen LogP contribution in [0.5, 0.6) is 0 Å². The summed E-state index contributed by atoms with van der Waals surface area (Å²) in [7, 11) is 1.81. The van der Waals surface area contributed by atoms with Crippen molar-refractivity contribution < 1.29 is 0 Å². The minimum atomic E-state index is 0. The molecule has 0 bridgehead atoms. The molecule has 0 atom stereocenters. The van der Waals surface area contributed by atoms with Crippen LogP contribution < -0.4 is 10.6 Å². The highest BCUT2D eigenvalue weighted by molar-refractivity contribution is 14.0. The van der Waals surface area contributed by atoms with Crippen LogP contribution in [0.2, 0.25) is 0 Å². The standard InChI is InChI=1S/C17H27N5.HI/c1-13(2)10-12-20-17(18-3)19-11-6-9-16-21-14-7-4-5-8-15(14)22-16;/h4-5,7-8,13H,6,9-12H2,1-3H3,(H,21,22)(H2,18,19,20);1H. The summed E-state index contributed by atoms with van der Waals surface area (Å²) in [6, 6.07) is 8.14. The van der Waals surface area contributed by atoms with Crippen molar-refractivity contribution in [1.82, 2.24) is 20.6 Å². The van der Waals surface area contributed by atoms with Crippen molar-refractivity contribution in [2.75, 3.05) is 20.1 Å². The Kier molecular flexibility index (Phi) is 8.98. The first kappa shape index (κ1) is 19.7. The molecule has 2 aromatic rings. The van der Waals surface area contributed by atoms with Gasteiger partial charge >= 0.3 is 0 Å². The van der Waals surface area contributed by atoms with E-state index in [2.05, 4.69) is 45.5 Å². The molecule has 0 amide bonds. The number of imidazole rings is 1. The fraction of sp³-hybridized carbons (Fsp3) is 0.529. The maximum Gasteiger partial charge on any atom is 0.190 e. The highest BCUT2D eigenvalue weighted by Gasteiger charge is 2.02. The van der Waals surface area contributed by atoms with Crippen molar-refractivity contribution in [1.29, 1.82) is 0 Å². The van der Waals surface area contributed by atoms with E-state index in [1.165, 1.54) is 0 Å². The molecule has 0 saturated heterocycles. The second-order valence-corrected chi connectivity index (χ2v) is 5.91. The second-order valence-electron chi connectivity index (χ2n) is 5.91. The maximum absolute atomic E-state index is 4.59. The molecular formula is C17H28IN5. The van der Waals surface area contributed by atoms with Gasteiger partial charge in [0.15, 0.2) is 5.96 Å². The lowest BCUT2D eigenvalue weighted by atomic mass is 10.1. The van der Waals surface area contributed by atoms with Crippen molar-refractivity contribution in [3.05, 3.63) is 30.1 Å². The van der Waals surface area contributed by atoms with Crippen LogP contribution in [0.3, 0.4) is 0 Å². The molecule has 3 N–H and O–H groups in total. The van der Waals surface area contributed by atoms with E-state index in [1.807, 2.05) is 25.2 Å². The van der Waals surface area contributed by atoms with Crippen LogP contribution in [0.4, 0.5) is 0 Å². The summed E-state index contributed by atoms with van der Waals surface area (Å²) in [5.41, 5.74) is 2.15. The zero-order valence-electron chi connectivity index (χ0n) is 14.2. The van der Waals surface area contributed by atoms with Gasteiger partial charge in [-0.1, -0.05) is 26.0 Å². The van der Waals surface area contributed by atoms with E-state index in [0.717, 1.165) is 55.2 Å². The smallest absolute Gasteiger partial charge is 0.190 e. The van der Waals surface area contributed by atoms with Gasteiger partial charge in [0.1, 0.15) is 5.82 Å². The molecule has 0 radical (unpaired) electrons. The molecule has 2 rings (SSSR count). The van der Waals surface area contributed by atoms with Crippen LogP contribution in [0, 0.1) is 5.92 Å². The van der Waals surface area contributed by atoms with E-state index in [1.54, 1.807) is 0 Å². The van der Waals surface area contributed by atoms with Gasteiger partial charge in [0.05, 0.1) is 11.0 Å². The number of aromatic nitrogens is 2. The van der Waals surface area contributed by atoms with Crippen molar-refractivity contribution in [2.45, 2.75) is 33.1 Å². The minimum Gasteiger partial charge on any atom is -0.356 e. The quantitative estimate of drug-likeness (QED) is 0.274. The summed E-state index contributed by atoms with van der Waals surface area (Å²) in [5.74, 6) is 2.63. The Balaban J connectivity index is 0.00000264. The Morgan fingerprint density at radius 1 is 1.22 bits per heavy atom. The van der Waals surface area contributed by atoms with Gasteiger partial charge in [0.2, 0.25) is 0 Å². The molecule has 23 heavy (non-hydrogen) atoms. The molecule has 0 spiro atoms. The van der Waals surface area contributed by atoms with E-state index >= 15 is 0 Å². The number of para-hydroxylation sites is 2. The molecule has 1 heterocycles. The van der Waals surface area contributed by atoms with Gasteiger partial charge < -0.3 is 15.6 Å². The lowest BCUT2D eigenvalue weighted by Gasteiger charge is -2.12. The predicted octanol–water partition coefficient (Wildman–Crippen LogP) is 3.32. The van der Waals surface area contributed by atoms with E-state index in [0.29, 0.717) is 5.92 Å². The number of aryl methyl sites for hydroxylation is 1. The van der Waals surface area contributed by atoms with Crippen molar-refractivity contribution in [3.63, 3.8) is 0 Å². The first-order valence-corrected chi connectivity index (χ1v) is 8.07. The number of nitrogens with one attached hydrogen (secondary N) is 3. The summed E-state index contributed by atoms with van der Waals surface area (Å²) in [6.07, 6.45) is 3.11. The Bertz CT molecular complexity index is 573. The predicted molar refractivity (Wildman–Crippen MR) is 109 cm³/mol. The normalized spacial score (nSPS) is 11.6. The number of aromatic amines is 1. The molecule has 128 valence electrons. The largest absolute Gasteiger partial charge is 0.356 e. The van der Waals surface area contributed by atoms with Crippen LogP contribution in [0.15, 0.2) is 29.3 Å². The third kappa shape index (κ3) is 6.76. The molecule has 0 unspecified atom stereocenters. The van der Waals surface area contributed by atoms with Crippen LogP contribution >= 0.6 is 24.0 Å². The average Bonchev–Trinajstić information content (AvgIpc) is 2.92. The topological polar surface area (TPSA) is 65.1 Å². The van der Waals surface area contributed by atoms with Gasteiger partial charge in [-0.05, 0) is 30.9 Å². The number of guanidine groups is 1. The molecule has 0 aliphatic heterocycles. The summed E-state index contributed by atoms with van der Waals surface area (Å²) < 4.78 is 0.